The van der Waals surface area contributed by atoms with Gasteiger partial charge in [0.25, 0.3) is 5.91 Å². The van der Waals surface area contributed by atoms with Crippen LogP contribution >= 0.6 is 11.6 Å². The topological polar surface area (TPSA) is 85.2 Å². The van der Waals surface area contributed by atoms with E-state index in [1.54, 1.807) is 24.3 Å². The monoisotopic (exact) mass is 432 g/mol. The maximum atomic E-state index is 13.2. The lowest BCUT2D eigenvalue weighted by Gasteiger charge is -2.38. The lowest BCUT2D eigenvalue weighted by Crippen LogP contribution is -2.59. The molecule has 1 unspecified atom stereocenters. The van der Waals surface area contributed by atoms with Gasteiger partial charge in [0.05, 0.1) is 6.07 Å². The first-order valence-corrected chi connectivity index (χ1v) is 11.0. The molecule has 1 fully saturated rings. The van der Waals surface area contributed by atoms with Crippen LogP contribution in [0.2, 0.25) is 5.02 Å². The minimum atomic E-state index is -0.886. The van der Waals surface area contributed by atoms with Crippen LogP contribution in [0.1, 0.15) is 63.7 Å². The number of nitrogens with one attached hydrogen (secondary N) is 2. The van der Waals surface area contributed by atoms with E-state index in [0.29, 0.717) is 29.8 Å². The van der Waals surface area contributed by atoms with Crippen molar-refractivity contribution in [1.82, 2.24) is 15.5 Å². The van der Waals surface area contributed by atoms with Crippen LogP contribution in [0.15, 0.2) is 24.3 Å². The molecule has 6 nitrogen and oxygen atoms in total. The number of nitrogens with zero attached hydrogens (tertiary/aromatic N) is 2. The van der Waals surface area contributed by atoms with Gasteiger partial charge in [-0.1, -0.05) is 39.3 Å². The number of carbonyl (C=O) groups is 2. The molecule has 1 aromatic carbocycles. The van der Waals surface area contributed by atoms with Crippen LogP contribution in [-0.2, 0) is 4.79 Å². The predicted octanol–water partition coefficient (Wildman–Crippen LogP) is 3.76. The van der Waals surface area contributed by atoms with Gasteiger partial charge >= 0.3 is 0 Å². The third-order valence-corrected chi connectivity index (χ3v) is 5.62. The average molecular weight is 433 g/mol. The van der Waals surface area contributed by atoms with Gasteiger partial charge in [0, 0.05) is 23.7 Å². The van der Waals surface area contributed by atoms with Gasteiger partial charge in [-0.15, -0.1) is 0 Å². The third kappa shape index (κ3) is 7.00. The number of amides is 2. The number of halogens is 1. The Kier molecular flexibility index (Phi) is 8.28. The Balaban J connectivity index is 2.11. The molecule has 1 aromatic rings. The fourth-order valence-corrected chi connectivity index (χ4v) is 3.85. The molecule has 1 atom stereocenters. The van der Waals surface area contributed by atoms with E-state index in [4.69, 9.17) is 11.6 Å². The smallest absolute Gasteiger partial charge is 0.251 e. The van der Waals surface area contributed by atoms with Gasteiger partial charge in [-0.25, -0.2) is 0 Å². The van der Waals surface area contributed by atoms with E-state index in [1.165, 1.54) is 0 Å². The predicted molar refractivity (Wildman–Crippen MR) is 119 cm³/mol. The standard InChI is InChI=1S/C23H33ClN4O2/c1-5-12-28-13-10-23(16-25,11-14-28)27-21(30)19(15-22(2,3)4)26-20(29)17-6-8-18(24)9-7-17/h6-9,19H,5,10-15H2,1-4H3,(H,26,29)(H,27,30). The van der Waals surface area contributed by atoms with Gasteiger partial charge in [-0.2, -0.15) is 5.26 Å². The summed E-state index contributed by atoms with van der Waals surface area (Å²) >= 11 is 5.90. The Morgan fingerprint density at radius 1 is 1.23 bits per heavy atom. The van der Waals surface area contributed by atoms with Gasteiger partial charge in [-0.3, -0.25) is 9.59 Å². The van der Waals surface area contributed by atoms with Crippen molar-refractivity contribution in [3.8, 4) is 6.07 Å². The number of nitriles is 1. The molecule has 1 saturated heterocycles. The van der Waals surface area contributed by atoms with E-state index in [2.05, 4.69) is 28.5 Å². The lowest BCUT2D eigenvalue weighted by atomic mass is 9.85. The molecule has 2 N–H and O–H groups in total. The van der Waals surface area contributed by atoms with Crippen molar-refractivity contribution in [2.75, 3.05) is 19.6 Å². The van der Waals surface area contributed by atoms with Crippen LogP contribution in [0.3, 0.4) is 0 Å². The largest absolute Gasteiger partial charge is 0.340 e. The molecule has 0 spiro atoms. The second-order valence-corrected chi connectivity index (χ2v) is 9.76. The lowest BCUT2D eigenvalue weighted by molar-refractivity contribution is -0.125. The quantitative estimate of drug-likeness (QED) is 0.686. The van der Waals surface area contributed by atoms with Crippen LogP contribution < -0.4 is 10.6 Å². The Morgan fingerprint density at radius 2 is 1.83 bits per heavy atom. The van der Waals surface area contributed by atoms with Crippen molar-refractivity contribution < 1.29 is 9.59 Å². The van der Waals surface area contributed by atoms with Gasteiger partial charge < -0.3 is 15.5 Å². The van der Waals surface area contributed by atoms with Gasteiger partial charge in [0.1, 0.15) is 11.6 Å². The molecule has 2 rings (SSSR count). The van der Waals surface area contributed by atoms with Crippen molar-refractivity contribution in [2.24, 2.45) is 5.41 Å². The van der Waals surface area contributed by atoms with E-state index in [0.717, 1.165) is 26.1 Å². The fraction of sp³-hybridized carbons (Fsp3) is 0.609. The Hall–Kier alpha value is -2.10. The minimum Gasteiger partial charge on any atom is -0.340 e. The first-order valence-electron chi connectivity index (χ1n) is 10.6. The van der Waals surface area contributed by atoms with Crippen LogP contribution in [0.5, 0.6) is 0 Å². The number of likely N-dealkylation sites (tertiary alicyclic amines) is 1. The molecule has 0 bridgehead atoms. The number of benzene rings is 1. The van der Waals surface area contributed by atoms with Gasteiger partial charge in [0.15, 0.2) is 0 Å². The van der Waals surface area contributed by atoms with Crippen molar-refractivity contribution in [3.63, 3.8) is 0 Å². The summed E-state index contributed by atoms with van der Waals surface area (Å²) < 4.78 is 0. The molecule has 0 radical (unpaired) electrons. The molecule has 30 heavy (non-hydrogen) atoms. The van der Waals surface area contributed by atoms with Gasteiger partial charge in [0.2, 0.25) is 5.91 Å². The fourth-order valence-electron chi connectivity index (χ4n) is 3.73. The molecule has 7 heteroatoms. The molecule has 2 amide bonds. The number of hydrogen-bond donors (Lipinski definition) is 2. The first-order chi connectivity index (χ1) is 14.1. The molecular formula is C23H33ClN4O2. The number of piperidine rings is 1. The molecule has 1 aliphatic rings. The van der Waals surface area contributed by atoms with E-state index < -0.39 is 11.6 Å². The highest BCUT2D eigenvalue weighted by molar-refractivity contribution is 6.30. The summed E-state index contributed by atoms with van der Waals surface area (Å²) in [5.41, 5.74) is -0.629. The van der Waals surface area contributed by atoms with Crippen LogP contribution in [0.4, 0.5) is 0 Å². The number of hydrogen-bond acceptors (Lipinski definition) is 4. The summed E-state index contributed by atoms with van der Waals surface area (Å²) in [5.74, 6) is -0.641. The highest BCUT2D eigenvalue weighted by Gasteiger charge is 2.38. The molecular weight excluding hydrogens is 400 g/mol. The molecule has 0 saturated carbocycles. The van der Waals surface area contributed by atoms with E-state index in [1.807, 2.05) is 20.8 Å². The third-order valence-electron chi connectivity index (χ3n) is 5.37. The van der Waals surface area contributed by atoms with E-state index in [9.17, 15) is 14.9 Å². The second kappa shape index (κ2) is 10.3. The van der Waals surface area contributed by atoms with Crippen molar-refractivity contribution in [3.05, 3.63) is 34.9 Å². The van der Waals surface area contributed by atoms with Crippen molar-refractivity contribution >= 4 is 23.4 Å². The molecule has 164 valence electrons. The SMILES string of the molecule is CCCN1CCC(C#N)(NC(=O)C(CC(C)(C)C)NC(=O)c2ccc(Cl)cc2)CC1. The molecule has 1 heterocycles. The highest BCUT2D eigenvalue weighted by atomic mass is 35.5. The summed E-state index contributed by atoms with van der Waals surface area (Å²) in [7, 11) is 0. The number of rotatable bonds is 7. The van der Waals surface area contributed by atoms with E-state index >= 15 is 0 Å². The van der Waals surface area contributed by atoms with Crippen molar-refractivity contribution in [1.29, 1.82) is 5.26 Å². The summed E-state index contributed by atoms with van der Waals surface area (Å²) in [4.78, 5) is 28.2. The molecule has 0 aromatic heterocycles. The maximum Gasteiger partial charge on any atom is 0.251 e. The minimum absolute atomic E-state index is 0.181. The normalized spacial score (nSPS) is 17.6. The zero-order chi connectivity index (χ0) is 22.4. The second-order valence-electron chi connectivity index (χ2n) is 9.32. The molecule has 1 aliphatic heterocycles. The Bertz CT molecular complexity index is 772. The number of carbonyl (C=O) groups excluding carboxylic acids is 2. The highest BCUT2D eigenvalue weighted by Crippen LogP contribution is 2.25. The first kappa shape index (κ1) is 24.2. The summed E-state index contributed by atoms with van der Waals surface area (Å²) in [6, 6.07) is 8.15. The summed E-state index contributed by atoms with van der Waals surface area (Å²) in [6.45, 7) is 10.8. The zero-order valence-corrected chi connectivity index (χ0v) is 19.2. The zero-order valence-electron chi connectivity index (χ0n) is 18.4. The average Bonchev–Trinajstić information content (AvgIpc) is 2.68. The molecule has 0 aliphatic carbocycles. The van der Waals surface area contributed by atoms with Crippen LogP contribution in [-0.4, -0.2) is 47.9 Å². The van der Waals surface area contributed by atoms with Crippen molar-refractivity contribution in [2.45, 2.75) is 65.0 Å². The Labute approximate surface area is 185 Å². The maximum absolute atomic E-state index is 13.2. The summed E-state index contributed by atoms with van der Waals surface area (Å²) in [6.07, 6.45) is 2.70. The van der Waals surface area contributed by atoms with Crippen LogP contribution in [0, 0.1) is 16.7 Å². The van der Waals surface area contributed by atoms with E-state index in [-0.39, 0.29) is 17.2 Å². The van der Waals surface area contributed by atoms with Gasteiger partial charge in [-0.05, 0) is 61.9 Å². The Morgan fingerprint density at radius 3 is 2.33 bits per heavy atom. The summed E-state index contributed by atoms with van der Waals surface area (Å²) in [5, 5.41) is 16.2. The van der Waals surface area contributed by atoms with Crippen LogP contribution in [0.25, 0.3) is 0 Å².